The van der Waals surface area contributed by atoms with Gasteiger partial charge in [-0.1, -0.05) is 0 Å². The number of H-pyrrole nitrogens is 1. The molecule has 1 N–H and O–H groups in total. The van der Waals surface area contributed by atoms with Gasteiger partial charge in [-0.3, -0.25) is 5.10 Å². The summed E-state index contributed by atoms with van der Waals surface area (Å²) >= 11 is 0. The Balaban J connectivity index is 1.40. The zero-order chi connectivity index (χ0) is 18.4. The van der Waals surface area contributed by atoms with Gasteiger partial charge in [0.25, 0.3) is 0 Å². The minimum Gasteiger partial charge on any atom is -0.368 e. The van der Waals surface area contributed by atoms with Crippen molar-refractivity contribution in [1.29, 1.82) is 0 Å². The lowest BCUT2D eigenvalue weighted by atomic mass is 9.83. The van der Waals surface area contributed by atoms with Gasteiger partial charge in [0.2, 0.25) is 5.95 Å². The minimum absolute atomic E-state index is 0.200. The van der Waals surface area contributed by atoms with Crippen LogP contribution in [0.15, 0.2) is 6.20 Å². The molecule has 5 rings (SSSR count). The van der Waals surface area contributed by atoms with E-state index in [0.29, 0.717) is 0 Å². The molecule has 0 aliphatic carbocycles. The fourth-order valence-electron chi connectivity index (χ4n) is 4.76. The normalized spacial score (nSPS) is 21.7. The molecule has 0 unspecified atom stereocenters. The van der Waals surface area contributed by atoms with Crippen LogP contribution in [-0.2, 0) is 16.8 Å². The maximum atomic E-state index is 6.30. The molecule has 0 aromatic carbocycles. The monoisotopic (exact) mass is 368 g/mol. The Morgan fingerprint density at radius 3 is 2.59 bits per heavy atom. The van der Waals surface area contributed by atoms with Crippen molar-refractivity contribution in [2.24, 2.45) is 0 Å². The number of hydrogen-bond acceptors (Lipinski definition) is 6. The molecule has 2 fully saturated rings. The highest BCUT2D eigenvalue weighted by atomic mass is 16.5. The molecule has 0 atom stereocenters. The zero-order valence-electron chi connectivity index (χ0n) is 16.3. The number of anilines is 2. The van der Waals surface area contributed by atoms with Gasteiger partial charge in [-0.2, -0.15) is 10.1 Å². The summed E-state index contributed by atoms with van der Waals surface area (Å²) in [5.74, 6) is 2.00. The molecule has 27 heavy (non-hydrogen) atoms. The number of nitrogens with zero attached hydrogens (tertiary/aromatic N) is 5. The lowest BCUT2D eigenvalue weighted by Gasteiger charge is -2.44. The van der Waals surface area contributed by atoms with Gasteiger partial charge in [-0.25, -0.2) is 4.98 Å². The second-order valence-electron chi connectivity index (χ2n) is 8.10. The van der Waals surface area contributed by atoms with Crippen molar-refractivity contribution in [2.45, 2.75) is 51.6 Å². The smallest absolute Gasteiger partial charge is 0.227 e. The van der Waals surface area contributed by atoms with Gasteiger partial charge in [0.1, 0.15) is 11.4 Å². The molecule has 3 aliphatic heterocycles. The van der Waals surface area contributed by atoms with E-state index >= 15 is 0 Å². The van der Waals surface area contributed by atoms with Crippen molar-refractivity contribution in [3.8, 4) is 0 Å². The molecule has 0 bridgehead atoms. The molecule has 0 amide bonds. The maximum Gasteiger partial charge on any atom is 0.227 e. The first-order valence-corrected chi connectivity index (χ1v) is 10.2. The van der Waals surface area contributed by atoms with E-state index < -0.39 is 0 Å². The molecule has 1 spiro atoms. The molecule has 2 aromatic rings. The van der Waals surface area contributed by atoms with E-state index in [9.17, 15) is 0 Å². The third-order valence-electron chi connectivity index (χ3n) is 6.53. The number of aromatic amines is 1. The molecule has 2 aromatic heterocycles. The van der Waals surface area contributed by atoms with Crippen molar-refractivity contribution >= 4 is 11.8 Å². The quantitative estimate of drug-likeness (QED) is 0.878. The molecule has 7 heteroatoms. The number of aromatic nitrogens is 4. The average Bonchev–Trinajstić information content (AvgIpc) is 3.37. The van der Waals surface area contributed by atoms with Crippen LogP contribution in [0.3, 0.4) is 0 Å². The molecule has 144 valence electrons. The van der Waals surface area contributed by atoms with Crippen LogP contribution in [0.25, 0.3) is 0 Å². The zero-order valence-corrected chi connectivity index (χ0v) is 16.3. The number of piperidine rings is 1. The highest BCUT2D eigenvalue weighted by Crippen LogP contribution is 2.41. The summed E-state index contributed by atoms with van der Waals surface area (Å²) in [6, 6.07) is 0. The molecular weight excluding hydrogens is 340 g/mol. The fraction of sp³-hybridized carbons (Fsp3) is 0.650. The molecule has 7 nitrogen and oxygen atoms in total. The fourth-order valence-corrected chi connectivity index (χ4v) is 4.76. The van der Waals surface area contributed by atoms with Gasteiger partial charge in [-0.05, 0) is 51.5 Å². The number of hydrogen-bond donors (Lipinski definition) is 1. The Morgan fingerprint density at radius 1 is 1.04 bits per heavy atom. The minimum atomic E-state index is -0.200. The summed E-state index contributed by atoms with van der Waals surface area (Å²) in [4.78, 5) is 14.5. The molecule has 5 heterocycles. The molecule has 3 aliphatic rings. The van der Waals surface area contributed by atoms with Crippen LogP contribution >= 0.6 is 0 Å². The Labute approximate surface area is 160 Å². The molecule has 0 radical (unpaired) electrons. The van der Waals surface area contributed by atoms with E-state index in [0.717, 1.165) is 69.5 Å². The predicted octanol–water partition coefficient (Wildman–Crippen LogP) is 2.49. The summed E-state index contributed by atoms with van der Waals surface area (Å²) in [5.41, 5.74) is 4.60. The van der Waals surface area contributed by atoms with Crippen LogP contribution in [0.2, 0.25) is 0 Å². The van der Waals surface area contributed by atoms with E-state index in [1.54, 1.807) is 0 Å². The number of aryl methyl sites for hydroxylation is 1. The second-order valence-corrected chi connectivity index (χ2v) is 8.10. The van der Waals surface area contributed by atoms with Crippen LogP contribution in [0.5, 0.6) is 0 Å². The van der Waals surface area contributed by atoms with Crippen molar-refractivity contribution in [2.75, 3.05) is 42.6 Å². The number of fused-ring (bicyclic) bond motifs is 2. The molecular formula is C20H28N6O. The van der Waals surface area contributed by atoms with Crippen molar-refractivity contribution < 1.29 is 4.74 Å². The maximum absolute atomic E-state index is 6.30. The Bertz CT molecular complexity index is 833. The average molecular weight is 368 g/mol. The number of ether oxygens (including phenoxy) is 1. The number of nitrogens with one attached hydrogen (secondary N) is 1. The van der Waals surface area contributed by atoms with Crippen LogP contribution in [0, 0.1) is 13.8 Å². The van der Waals surface area contributed by atoms with E-state index in [1.807, 2.05) is 6.20 Å². The van der Waals surface area contributed by atoms with E-state index in [-0.39, 0.29) is 5.60 Å². The van der Waals surface area contributed by atoms with Crippen LogP contribution < -0.4 is 9.80 Å². The lowest BCUT2D eigenvalue weighted by Crippen LogP contribution is -2.47. The van der Waals surface area contributed by atoms with Gasteiger partial charge in [0.05, 0.1) is 18.5 Å². The largest absolute Gasteiger partial charge is 0.368 e. The summed E-state index contributed by atoms with van der Waals surface area (Å²) in [5, 5.41) is 7.48. The SMILES string of the molecule is Cc1nc(N2CCCC2)nc(N2CCC3(CC2)OCCc2cn[nH]c23)c1C. The molecule has 0 saturated carbocycles. The van der Waals surface area contributed by atoms with Gasteiger partial charge < -0.3 is 14.5 Å². The summed E-state index contributed by atoms with van der Waals surface area (Å²) < 4.78 is 6.30. The first kappa shape index (κ1) is 17.0. The standard InChI is InChI=1S/C20H28N6O/c1-14-15(2)22-19(26-8-3-4-9-26)23-18(14)25-10-6-20(7-11-25)17-16(5-12-27-20)13-21-24-17/h13H,3-12H2,1-2H3,(H,21,24). The van der Waals surface area contributed by atoms with Gasteiger partial charge >= 0.3 is 0 Å². The van der Waals surface area contributed by atoms with Gasteiger partial charge in [0, 0.05) is 37.4 Å². The summed E-state index contributed by atoms with van der Waals surface area (Å²) in [6.45, 7) is 9.06. The van der Waals surface area contributed by atoms with Crippen molar-refractivity contribution in [1.82, 2.24) is 20.2 Å². The Hall–Kier alpha value is -2.15. The van der Waals surface area contributed by atoms with Gasteiger partial charge in [-0.15, -0.1) is 0 Å². The third kappa shape index (κ3) is 2.79. The van der Waals surface area contributed by atoms with E-state index in [4.69, 9.17) is 14.7 Å². The second kappa shape index (κ2) is 6.48. The predicted molar refractivity (Wildman–Crippen MR) is 104 cm³/mol. The Morgan fingerprint density at radius 2 is 1.81 bits per heavy atom. The van der Waals surface area contributed by atoms with E-state index in [1.165, 1.54) is 29.7 Å². The van der Waals surface area contributed by atoms with Crippen LogP contribution in [0.4, 0.5) is 11.8 Å². The topological polar surface area (TPSA) is 70.2 Å². The third-order valence-corrected chi connectivity index (χ3v) is 6.53. The number of rotatable bonds is 2. The first-order chi connectivity index (χ1) is 13.2. The highest BCUT2D eigenvalue weighted by molar-refractivity contribution is 5.53. The van der Waals surface area contributed by atoms with E-state index in [2.05, 4.69) is 33.8 Å². The Kier molecular flexibility index (Phi) is 4.07. The van der Waals surface area contributed by atoms with Gasteiger partial charge in [0.15, 0.2) is 0 Å². The summed E-state index contributed by atoms with van der Waals surface area (Å²) in [6.07, 6.45) is 7.32. The van der Waals surface area contributed by atoms with Crippen LogP contribution in [-0.4, -0.2) is 53.0 Å². The van der Waals surface area contributed by atoms with Crippen molar-refractivity contribution in [3.05, 3.63) is 28.7 Å². The summed E-state index contributed by atoms with van der Waals surface area (Å²) in [7, 11) is 0. The molecule has 2 saturated heterocycles. The highest BCUT2D eigenvalue weighted by Gasteiger charge is 2.42. The lowest BCUT2D eigenvalue weighted by molar-refractivity contribution is -0.0796. The van der Waals surface area contributed by atoms with Crippen molar-refractivity contribution in [3.63, 3.8) is 0 Å². The first-order valence-electron chi connectivity index (χ1n) is 10.2. The van der Waals surface area contributed by atoms with Crippen LogP contribution in [0.1, 0.15) is 48.2 Å².